The van der Waals surface area contributed by atoms with Crippen molar-refractivity contribution in [3.05, 3.63) is 32.4 Å². The molecule has 0 aliphatic carbocycles. The fourth-order valence-corrected chi connectivity index (χ4v) is 5.10. The van der Waals surface area contributed by atoms with Crippen LogP contribution in [0.25, 0.3) is 0 Å². The number of nitrogens with zero attached hydrogens (tertiary/aromatic N) is 1. The lowest BCUT2D eigenvalue weighted by Gasteiger charge is -2.07. The number of hydrogen-bond acceptors (Lipinski definition) is 7. The highest BCUT2D eigenvalue weighted by Gasteiger charge is 2.27. The molecule has 0 bridgehead atoms. The first-order chi connectivity index (χ1) is 9.95. The van der Waals surface area contributed by atoms with Crippen molar-refractivity contribution in [1.29, 1.82) is 0 Å². The van der Waals surface area contributed by atoms with Crippen LogP contribution in [0.3, 0.4) is 0 Å². The van der Waals surface area contributed by atoms with Gasteiger partial charge >= 0.3 is 5.97 Å². The summed E-state index contributed by atoms with van der Waals surface area (Å²) in [5.41, 5.74) is 0.530. The molecule has 0 aliphatic rings. The van der Waals surface area contributed by atoms with Gasteiger partial charge in [0.05, 0.1) is 12.1 Å². The first-order valence-electron chi connectivity index (χ1n) is 6.00. The highest BCUT2D eigenvalue weighted by molar-refractivity contribution is 7.89. The lowest BCUT2D eigenvalue weighted by Crippen LogP contribution is -2.27. The van der Waals surface area contributed by atoms with Crippen LogP contribution in [-0.4, -0.2) is 33.0 Å². The third kappa shape index (κ3) is 3.67. The van der Waals surface area contributed by atoms with E-state index in [1.54, 1.807) is 18.5 Å². The molecule has 0 unspecified atom stereocenters. The summed E-state index contributed by atoms with van der Waals surface area (Å²) in [5.74, 6) is -0.645. The molecular weight excluding hydrogens is 332 g/mol. The quantitative estimate of drug-likeness (QED) is 0.807. The lowest BCUT2D eigenvalue weighted by atomic mass is 10.3. The molecule has 0 saturated heterocycles. The van der Waals surface area contributed by atoms with Gasteiger partial charge in [0.25, 0.3) is 0 Å². The number of carbonyl (C=O) groups excluding carboxylic acids is 1. The molecule has 0 saturated carbocycles. The number of thiazole rings is 1. The average molecular weight is 346 g/mol. The van der Waals surface area contributed by atoms with Gasteiger partial charge < -0.3 is 4.74 Å². The lowest BCUT2D eigenvalue weighted by molar-refractivity contribution is 0.0602. The molecule has 6 nitrogen and oxygen atoms in total. The van der Waals surface area contributed by atoms with Gasteiger partial charge in [-0.05, 0) is 17.9 Å². The second-order valence-corrected chi connectivity index (χ2v) is 7.70. The number of ether oxygens (including phenoxy) is 1. The summed E-state index contributed by atoms with van der Waals surface area (Å²) < 4.78 is 31.8. The number of nitrogens with one attached hydrogen (secondary N) is 1. The van der Waals surface area contributed by atoms with E-state index in [2.05, 4.69) is 14.4 Å². The maximum absolute atomic E-state index is 12.4. The van der Waals surface area contributed by atoms with Gasteiger partial charge in [-0.25, -0.2) is 22.9 Å². The van der Waals surface area contributed by atoms with Crippen molar-refractivity contribution in [1.82, 2.24) is 9.71 Å². The number of sulfonamides is 1. The zero-order valence-electron chi connectivity index (χ0n) is 11.5. The fraction of sp³-hybridized carbons (Fsp3) is 0.333. The summed E-state index contributed by atoms with van der Waals surface area (Å²) >= 11 is 2.53. The van der Waals surface area contributed by atoms with Crippen LogP contribution in [0, 0.1) is 6.92 Å². The van der Waals surface area contributed by atoms with Crippen LogP contribution in [0.15, 0.2) is 21.9 Å². The predicted molar refractivity (Wildman–Crippen MR) is 81.4 cm³/mol. The molecule has 2 aromatic heterocycles. The molecule has 1 N–H and O–H groups in total. The van der Waals surface area contributed by atoms with Crippen molar-refractivity contribution in [2.75, 3.05) is 13.7 Å². The number of carbonyl (C=O) groups is 1. The van der Waals surface area contributed by atoms with E-state index in [1.165, 1.54) is 18.4 Å². The molecule has 0 atom stereocenters. The number of aromatic nitrogens is 1. The number of aryl methyl sites for hydroxylation is 1. The number of hydrogen-bond donors (Lipinski definition) is 1. The van der Waals surface area contributed by atoms with Gasteiger partial charge in [0.15, 0.2) is 0 Å². The summed E-state index contributed by atoms with van der Waals surface area (Å²) in [5, 5.41) is 4.32. The Balaban J connectivity index is 2.15. The summed E-state index contributed by atoms with van der Waals surface area (Å²) in [4.78, 5) is 15.8. The van der Waals surface area contributed by atoms with E-state index in [-0.39, 0.29) is 16.3 Å². The van der Waals surface area contributed by atoms with Crippen LogP contribution in [0.1, 0.15) is 20.2 Å². The fourth-order valence-electron chi connectivity index (χ4n) is 1.74. The van der Waals surface area contributed by atoms with Gasteiger partial charge in [0.2, 0.25) is 10.0 Å². The maximum atomic E-state index is 12.4. The zero-order valence-corrected chi connectivity index (χ0v) is 13.9. The maximum Gasteiger partial charge on any atom is 0.349 e. The number of rotatable bonds is 6. The summed E-state index contributed by atoms with van der Waals surface area (Å²) in [6, 6.07) is 0. The summed E-state index contributed by atoms with van der Waals surface area (Å²) in [6.45, 7) is 1.88. The van der Waals surface area contributed by atoms with Crippen molar-refractivity contribution in [3.63, 3.8) is 0 Å². The van der Waals surface area contributed by atoms with Gasteiger partial charge in [-0.3, -0.25) is 0 Å². The second-order valence-electron chi connectivity index (χ2n) is 4.14. The van der Waals surface area contributed by atoms with E-state index < -0.39 is 16.0 Å². The van der Waals surface area contributed by atoms with Crippen molar-refractivity contribution in [2.24, 2.45) is 0 Å². The molecule has 2 aromatic rings. The molecule has 0 amide bonds. The highest BCUT2D eigenvalue weighted by Crippen LogP contribution is 2.27. The third-order valence-corrected chi connectivity index (χ3v) is 6.37. The van der Waals surface area contributed by atoms with E-state index in [9.17, 15) is 13.2 Å². The van der Waals surface area contributed by atoms with Crippen LogP contribution in [-0.2, 0) is 21.2 Å². The molecule has 2 heterocycles. The Morgan fingerprint density at radius 3 is 2.81 bits per heavy atom. The molecule has 2 rings (SSSR count). The number of methoxy groups -OCH3 is 1. The molecule has 0 radical (unpaired) electrons. The van der Waals surface area contributed by atoms with Crippen molar-refractivity contribution >= 4 is 38.7 Å². The Kier molecular flexibility index (Phi) is 5.09. The van der Waals surface area contributed by atoms with Crippen LogP contribution >= 0.6 is 22.7 Å². The van der Waals surface area contributed by atoms with E-state index in [0.29, 0.717) is 12.0 Å². The van der Waals surface area contributed by atoms with Gasteiger partial charge in [-0.15, -0.1) is 22.7 Å². The molecule has 21 heavy (non-hydrogen) atoms. The third-order valence-electron chi connectivity index (χ3n) is 2.67. The Bertz CT molecular complexity index is 720. The second kappa shape index (κ2) is 6.65. The molecular formula is C12H14N2O4S3. The Morgan fingerprint density at radius 2 is 2.19 bits per heavy atom. The molecule has 0 spiro atoms. The smallest absolute Gasteiger partial charge is 0.349 e. The monoisotopic (exact) mass is 346 g/mol. The Morgan fingerprint density at radius 1 is 1.43 bits per heavy atom. The van der Waals surface area contributed by atoms with E-state index >= 15 is 0 Å². The van der Waals surface area contributed by atoms with Gasteiger partial charge in [-0.1, -0.05) is 0 Å². The minimum absolute atomic E-state index is 0.00140. The molecule has 9 heteroatoms. The van der Waals surface area contributed by atoms with Crippen LogP contribution in [0.5, 0.6) is 0 Å². The zero-order chi connectivity index (χ0) is 15.5. The van der Waals surface area contributed by atoms with Crippen molar-refractivity contribution in [3.8, 4) is 0 Å². The SMILES string of the molecule is COC(=O)c1scc(C)c1S(=O)(=O)NCCc1nccs1. The predicted octanol–water partition coefficient (Wildman–Crippen LogP) is 1.82. The van der Waals surface area contributed by atoms with Gasteiger partial charge in [-0.2, -0.15) is 0 Å². The van der Waals surface area contributed by atoms with Crippen molar-refractivity contribution in [2.45, 2.75) is 18.2 Å². The standard InChI is InChI=1S/C12H14N2O4S3/c1-8-7-20-10(12(15)18-2)11(8)21(16,17)14-4-3-9-13-5-6-19-9/h5-7,14H,3-4H2,1-2H3. The van der Waals surface area contributed by atoms with Crippen molar-refractivity contribution < 1.29 is 17.9 Å². The summed E-state index contributed by atoms with van der Waals surface area (Å²) in [7, 11) is -2.52. The van der Waals surface area contributed by atoms with Gasteiger partial charge in [0.1, 0.15) is 9.77 Å². The molecule has 0 aliphatic heterocycles. The van der Waals surface area contributed by atoms with E-state index in [0.717, 1.165) is 16.3 Å². The topological polar surface area (TPSA) is 85.4 Å². The molecule has 0 aromatic carbocycles. The molecule has 0 fully saturated rings. The Hall–Kier alpha value is -1.29. The first-order valence-corrected chi connectivity index (χ1v) is 9.24. The van der Waals surface area contributed by atoms with E-state index in [4.69, 9.17) is 0 Å². The summed E-state index contributed by atoms with van der Waals surface area (Å²) in [6.07, 6.45) is 2.18. The van der Waals surface area contributed by atoms with Crippen LogP contribution in [0.2, 0.25) is 0 Å². The first kappa shape index (κ1) is 16.1. The van der Waals surface area contributed by atoms with Gasteiger partial charge in [0, 0.05) is 24.5 Å². The van der Waals surface area contributed by atoms with Crippen LogP contribution in [0.4, 0.5) is 0 Å². The van der Waals surface area contributed by atoms with Crippen LogP contribution < -0.4 is 4.72 Å². The minimum Gasteiger partial charge on any atom is -0.465 e. The number of thiophene rings is 1. The minimum atomic E-state index is -3.75. The molecule has 114 valence electrons. The average Bonchev–Trinajstić information content (AvgIpc) is 3.07. The number of esters is 1. The largest absolute Gasteiger partial charge is 0.465 e. The highest BCUT2D eigenvalue weighted by atomic mass is 32.2. The Labute approximate surface area is 130 Å². The van der Waals surface area contributed by atoms with E-state index in [1.807, 2.05) is 5.38 Å². The normalized spacial score (nSPS) is 11.5.